The van der Waals surface area contributed by atoms with E-state index in [2.05, 4.69) is 52.3 Å². The molecule has 6 nitrogen and oxygen atoms in total. The molecule has 2 aromatic rings. The molecule has 0 unspecified atom stereocenters. The molecule has 3 heterocycles. The monoisotopic (exact) mass is 514 g/mol. The quantitative estimate of drug-likeness (QED) is 0.363. The van der Waals surface area contributed by atoms with E-state index in [1.54, 1.807) is 11.3 Å². The largest absolute Gasteiger partial charge is 0.357 e. The smallest absolute Gasteiger partial charge is 0.194 e. The van der Waals surface area contributed by atoms with Crippen molar-refractivity contribution in [1.82, 2.24) is 20.2 Å². The molecular formula is C20H31IN6S. The second-order valence-electron chi connectivity index (χ2n) is 6.98. The van der Waals surface area contributed by atoms with Gasteiger partial charge in [-0.25, -0.2) is 9.97 Å². The van der Waals surface area contributed by atoms with Crippen LogP contribution in [0.4, 0.5) is 5.82 Å². The average Bonchev–Trinajstić information content (AvgIpc) is 3.17. The van der Waals surface area contributed by atoms with Crippen molar-refractivity contribution >= 4 is 47.1 Å². The summed E-state index contributed by atoms with van der Waals surface area (Å²) < 4.78 is 0. The molecule has 1 N–H and O–H groups in total. The lowest BCUT2D eigenvalue weighted by molar-refractivity contribution is 0.371. The molecule has 8 heteroatoms. The molecule has 1 aliphatic heterocycles. The molecule has 28 heavy (non-hydrogen) atoms. The van der Waals surface area contributed by atoms with Crippen molar-refractivity contribution in [3.05, 3.63) is 40.5 Å². The molecule has 1 aliphatic rings. The van der Waals surface area contributed by atoms with Crippen LogP contribution in [0.15, 0.2) is 34.8 Å². The Morgan fingerprint density at radius 3 is 2.64 bits per heavy atom. The van der Waals surface area contributed by atoms with E-state index < -0.39 is 0 Å². The van der Waals surface area contributed by atoms with Gasteiger partial charge in [-0.2, -0.15) is 0 Å². The van der Waals surface area contributed by atoms with Gasteiger partial charge in [0, 0.05) is 63.2 Å². The van der Waals surface area contributed by atoms with Crippen LogP contribution >= 0.6 is 35.3 Å². The zero-order valence-corrected chi connectivity index (χ0v) is 20.1. The minimum absolute atomic E-state index is 0. The number of thiazole rings is 1. The van der Waals surface area contributed by atoms with Gasteiger partial charge in [0.05, 0.1) is 10.7 Å². The summed E-state index contributed by atoms with van der Waals surface area (Å²) in [4.78, 5) is 18.7. The third-order valence-electron chi connectivity index (χ3n) is 4.58. The molecule has 3 rings (SSSR count). The topological polar surface area (TPSA) is 56.7 Å². The van der Waals surface area contributed by atoms with E-state index in [0.29, 0.717) is 5.92 Å². The van der Waals surface area contributed by atoms with E-state index in [-0.39, 0.29) is 24.0 Å². The highest BCUT2D eigenvalue weighted by atomic mass is 127. The van der Waals surface area contributed by atoms with Gasteiger partial charge in [0.25, 0.3) is 0 Å². The lowest BCUT2D eigenvalue weighted by Crippen LogP contribution is -2.52. The first-order chi connectivity index (χ1) is 13.2. The highest BCUT2D eigenvalue weighted by Crippen LogP contribution is 2.19. The highest BCUT2D eigenvalue weighted by molar-refractivity contribution is 14.0. The third kappa shape index (κ3) is 6.30. The summed E-state index contributed by atoms with van der Waals surface area (Å²) >= 11 is 1.76. The number of hydrogen-bond donors (Lipinski definition) is 1. The maximum Gasteiger partial charge on any atom is 0.194 e. The maximum absolute atomic E-state index is 4.85. The van der Waals surface area contributed by atoms with E-state index in [1.807, 2.05) is 18.3 Å². The average molecular weight is 514 g/mol. The van der Waals surface area contributed by atoms with Gasteiger partial charge < -0.3 is 15.1 Å². The molecule has 0 spiro atoms. The van der Waals surface area contributed by atoms with Gasteiger partial charge in [-0.1, -0.05) is 19.9 Å². The fourth-order valence-corrected chi connectivity index (χ4v) is 3.96. The van der Waals surface area contributed by atoms with Gasteiger partial charge in [-0.05, 0) is 19.1 Å². The van der Waals surface area contributed by atoms with Crippen LogP contribution in [-0.2, 0) is 6.42 Å². The predicted molar refractivity (Wildman–Crippen MR) is 129 cm³/mol. The summed E-state index contributed by atoms with van der Waals surface area (Å²) in [7, 11) is 0. The second kappa shape index (κ2) is 11.5. The van der Waals surface area contributed by atoms with Gasteiger partial charge in [0.2, 0.25) is 0 Å². The minimum atomic E-state index is 0. The summed E-state index contributed by atoms with van der Waals surface area (Å²) in [5, 5.41) is 6.83. The molecule has 0 radical (unpaired) electrons. The van der Waals surface area contributed by atoms with Gasteiger partial charge in [0.1, 0.15) is 5.82 Å². The molecule has 154 valence electrons. The third-order valence-corrected chi connectivity index (χ3v) is 5.77. The van der Waals surface area contributed by atoms with E-state index >= 15 is 0 Å². The normalized spacial score (nSPS) is 14.9. The number of pyridine rings is 1. The Kier molecular flexibility index (Phi) is 9.43. The van der Waals surface area contributed by atoms with Gasteiger partial charge in [-0.15, -0.1) is 35.3 Å². The first kappa shape index (κ1) is 22.9. The van der Waals surface area contributed by atoms with E-state index in [1.165, 1.54) is 5.01 Å². The van der Waals surface area contributed by atoms with Crippen LogP contribution in [0.1, 0.15) is 37.4 Å². The summed E-state index contributed by atoms with van der Waals surface area (Å²) in [6.07, 6.45) is 2.75. The number of aromatic nitrogens is 2. The Labute approximate surface area is 189 Å². The van der Waals surface area contributed by atoms with E-state index in [9.17, 15) is 0 Å². The van der Waals surface area contributed by atoms with Crippen molar-refractivity contribution < 1.29 is 0 Å². The SMILES string of the molecule is CCNC(=NCCc1csc(C(C)C)n1)N1CCN(c2ccccn2)CC1.I. The van der Waals surface area contributed by atoms with Crippen molar-refractivity contribution in [3.8, 4) is 0 Å². The highest BCUT2D eigenvalue weighted by Gasteiger charge is 2.20. The molecule has 0 aromatic carbocycles. The van der Waals surface area contributed by atoms with E-state index in [0.717, 1.165) is 63.2 Å². The van der Waals surface area contributed by atoms with Crippen LogP contribution in [0.2, 0.25) is 0 Å². The maximum atomic E-state index is 4.85. The number of anilines is 1. The molecular weight excluding hydrogens is 483 g/mol. The van der Waals surface area contributed by atoms with Crippen LogP contribution < -0.4 is 10.2 Å². The number of guanidine groups is 1. The van der Waals surface area contributed by atoms with E-state index in [4.69, 9.17) is 9.98 Å². The number of hydrogen-bond acceptors (Lipinski definition) is 5. The summed E-state index contributed by atoms with van der Waals surface area (Å²) in [6, 6.07) is 6.08. The molecule has 1 saturated heterocycles. The van der Waals surface area contributed by atoms with Crippen LogP contribution in [0.25, 0.3) is 0 Å². The number of nitrogens with one attached hydrogen (secondary N) is 1. The van der Waals surface area contributed by atoms with Gasteiger partial charge in [-0.3, -0.25) is 4.99 Å². The van der Waals surface area contributed by atoms with Crippen LogP contribution in [0, 0.1) is 0 Å². The molecule has 0 aliphatic carbocycles. The molecule has 0 bridgehead atoms. The Bertz CT molecular complexity index is 725. The lowest BCUT2D eigenvalue weighted by atomic mass is 10.2. The number of piperazine rings is 1. The summed E-state index contributed by atoms with van der Waals surface area (Å²) in [6.45, 7) is 12.0. The molecule has 2 aromatic heterocycles. The minimum Gasteiger partial charge on any atom is -0.357 e. The number of halogens is 1. The van der Waals surface area contributed by atoms with Crippen molar-refractivity contribution in [1.29, 1.82) is 0 Å². The van der Waals surface area contributed by atoms with Gasteiger partial charge in [0.15, 0.2) is 5.96 Å². The number of nitrogens with zero attached hydrogens (tertiary/aromatic N) is 5. The fourth-order valence-electron chi connectivity index (χ4n) is 3.09. The van der Waals surface area contributed by atoms with Crippen molar-refractivity contribution in [2.24, 2.45) is 4.99 Å². The molecule has 0 saturated carbocycles. The van der Waals surface area contributed by atoms with Crippen LogP contribution in [-0.4, -0.2) is 60.1 Å². The molecule has 0 atom stereocenters. The van der Waals surface area contributed by atoms with Crippen molar-refractivity contribution in [2.75, 3.05) is 44.2 Å². The van der Waals surface area contributed by atoms with Crippen LogP contribution in [0.3, 0.4) is 0 Å². The van der Waals surface area contributed by atoms with Crippen molar-refractivity contribution in [3.63, 3.8) is 0 Å². The predicted octanol–water partition coefficient (Wildman–Crippen LogP) is 3.61. The number of aliphatic imine (C=N–C) groups is 1. The molecule has 0 amide bonds. The second-order valence-corrected chi connectivity index (χ2v) is 7.87. The van der Waals surface area contributed by atoms with Crippen molar-refractivity contribution in [2.45, 2.75) is 33.1 Å². The zero-order valence-electron chi connectivity index (χ0n) is 17.0. The first-order valence-corrected chi connectivity index (χ1v) is 10.7. The Balaban J connectivity index is 0.00000280. The number of rotatable bonds is 6. The van der Waals surface area contributed by atoms with Crippen LogP contribution in [0.5, 0.6) is 0 Å². The lowest BCUT2D eigenvalue weighted by Gasteiger charge is -2.37. The first-order valence-electron chi connectivity index (χ1n) is 9.81. The van der Waals surface area contributed by atoms with Gasteiger partial charge >= 0.3 is 0 Å². The Morgan fingerprint density at radius 1 is 1.25 bits per heavy atom. The zero-order chi connectivity index (χ0) is 19.1. The summed E-state index contributed by atoms with van der Waals surface area (Å²) in [5.74, 6) is 2.57. The summed E-state index contributed by atoms with van der Waals surface area (Å²) in [5.41, 5.74) is 1.16. The Hall–Kier alpha value is -1.42. The molecule has 1 fully saturated rings. The Morgan fingerprint density at radius 2 is 2.04 bits per heavy atom. The fraction of sp³-hybridized carbons (Fsp3) is 0.550. The standard InChI is InChI=1S/C20H30N6S.HI/c1-4-21-20(23-10-8-17-15-27-19(24-17)16(2)3)26-13-11-25(12-14-26)18-7-5-6-9-22-18;/h5-7,9,15-16H,4,8,10-14H2,1-3H3,(H,21,23);1H.